The molecule has 2 heterocycles. The average molecular weight is 463 g/mol. The Morgan fingerprint density at radius 3 is 2.79 bits per heavy atom. The maximum Gasteiger partial charge on any atom is 0.256 e. The van der Waals surface area contributed by atoms with Crippen molar-refractivity contribution in [3.63, 3.8) is 0 Å². The number of benzene rings is 1. The molecule has 1 aromatic carbocycles. The van der Waals surface area contributed by atoms with Gasteiger partial charge in [-0.05, 0) is 61.3 Å². The SMILES string of the molecule is CCOc1ccc(Br)cc1C1NC(=O)c2c(sc3c2CCC(C(C)(C)C)C3)N1. The van der Waals surface area contributed by atoms with E-state index in [0.717, 1.165) is 45.6 Å². The van der Waals surface area contributed by atoms with E-state index in [1.165, 1.54) is 10.4 Å². The van der Waals surface area contributed by atoms with Gasteiger partial charge in [-0.3, -0.25) is 4.79 Å². The molecular formula is C22H27BrN2O2S. The van der Waals surface area contributed by atoms with Crippen LogP contribution in [0.5, 0.6) is 5.75 Å². The fourth-order valence-corrected chi connectivity index (χ4v) is 5.96. The zero-order valence-electron chi connectivity index (χ0n) is 16.8. The number of anilines is 1. The molecule has 2 unspecified atom stereocenters. The van der Waals surface area contributed by atoms with Crippen LogP contribution in [0.1, 0.15) is 66.6 Å². The van der Waals surface area contributed by atoms with Crippen LogP contribution in [0.2, 0.25) is 0 Å². The van der Waals surface area contributed by atoms with Crippen molar-refractivity contribution in [1.82, 2.24) is 5.32 Å². The number of carbonyl (C=O) groups excluding carboxylic acids is 1. The molecule has 0 spiro atoms. The quantitative estimate of drug-likeness (QED) is 0.595. The third-order valence-electron chi connectivity index (χ3n) is 5.85. The van der Waals surface area contributed by atoms with Crippen molar-refractivity contribution < 1.29 is 9.53 Å². The predicted octanol–water partition coefficient (Wildman–Crippen LogP) is 5.91. The molecule has 2 atom stereocenters. The number of ether oxygens (including phenoxy) is 1. The predicted molar refractivity (Wildman–Crippen MR) is 118 cm³/mol. The Labute approximate surface area is 179 Å². The number of fused-ring (bicyclic) bond motifs is 3. The van der Waals surface area contributed by atoms with E-state index in [0.29, 0.717) is 17.9 Å². The van der Waals surface area contributed by atoms with E-state index >= 15 is 0 Å². The first-order chi connectivity index (χ1) is 13.3. The molecule has 6 heteroatoms. The minimum absolute atomic E-state index is 0.0212. The molecule has 2 aromatic rings. The Morgan fingerprint density at radius 1 is 1.29 bits per heavy atom. The van der Waals surface area contributed by atoms with Crippen LogP contribution in [0.3, 0.4) is 0 Å². The largest absolute Gasteiger partial charge is 0.493 e. The Balaban J connectivity index is 1.67. The molecule has 2 aliphatic rings. The van der Waals surface area contributed by atoms with Gasteiger partial charge < -0.3 is 15.4 Å². The van der Waals surface area contributed by atoms with Gasteiger partial charge in [-0.25, -0.2) is 0 Å². The molecule has 2 N–H and O–H groups in total. The number of hydrogen-bond donors (Lipinski definition) is 2. The maximum atomic E-state index is 13.0. The molecule has 0 radical (unpaired) electrons. The highest BCUT2D eigenvalue weighted by molar-refractivity contribution is 9.10. The maximum absolute atomic E-state index is 13.0. The monoisotopic (exact) mass is 462 g/mol. The number of carbonyl (C=O) groups is 1. The van der Waals surface area contributed by atoms with Crippen molar-refractivity contribution in [3.05, 3.63) is 44.2 Å². The molecule has 150 valence electrons. The Bertz CT molecular complexity index is 916. The Kier molecular flexibility index (Phi) is 5.21. The summed E-state index contributed by atoms with van der Waals surface area (Å²) in [4.78, 5) is 14.4. The van der Waals surface area contributed by atoms with Crippen molar-refractivity contribution in [3.8, 4) is 5.75 Å². The van der Waals surface area contributed by atoms with Crippen LogP contribution in [-0.2, 0) is 12.8 Å². The summed E-state index contributed by atoms with van der Waals surface area (Å²) in [6.45, 7) is 9.51. The molecule has 1 amide bonds. The number of hydrogen-bond acceptors (Lipinski definition) is 4. The summed E-state index contributed by atoms with van der Waals surface area (Å²) in [5, 5.41) is 7.71. The summed E-state index contributed by atoms with van der Waals surface area (Å²) in [5.74, 6) is 1.47. The number of rotatable bonds is 3. The van der Waals surface area contributed by atoms with Gasteiger partial charge in [-0.15, -0.1) is 11.3 Å². The zero-order valence-corrected chi connectivity index (χ0v) is 19.2. The minimum Gasteiger partial charge on any atom is -0.493 e. The molecule has 4 nitrogen and oxygen atoms in total. The molecule has 0 saturated carbocycles. The van der Waals surface area contributed by atoms with Crippen LogP contribution in [0, 0.1) is 11.3 Å². The van der Waals surface area contributed by atoms with Gasteiger partial charge in [0, 0.05) is 14.9 Å². The van der Waals surface area contributed by atoms with E-state index in [4.69, 9.17) is 4.74 Å². The molecule has 28 heavy (non-hydrogen) atoms. The number of thiophene rings is 1. The third kappa shape index (κ3) is 3.57. The van der Waals surface area contributed by atoms with Gasteiger partial charge >= 0.3 is 0 Å². The molecule has 0 saturated heterocycles. The van der Waals surface area contributed by atoms with Crippen LogP contribution < -0.4 is 15.4 Å². The highest BCUT2D eigenvalue weighted by Gasteiger charge is 2.37. The molecular weight excluding hydrogens is 436 g/mol. The van der Waals surface area contributed by atoms with Crippen LogP contribution in [-0.4, -0.2) is 12.5 Å². The highest BCUT2D eigenvalue weighted by atomic mass is 79.9. The molecule has 0 bridgehead atoms. The topological polar surface area (TPSA) is 50.4 Å². The summed E-state index contributed by atoms with van der Waals surface area (Å²) in [6.07, 6.45) is 2.91. The molecule has 4 rings (SSSR count). The number of amides is 1. The van der Waals surface area contributed by atoms with Crippen LogP contribution in [0.4, 0.5) is 5.00 Å². The fourth-order valence-electron chi connectivity index (χ4n) is 4.22. The van der Waals surface area contributed by atoms with Crippen molar-refractivity contribution in [2.75, 3.05) is 11.9 Å². The summed E-state index contributed by atoms with van der Waals surface area (Å²) >= 11 is 5.30. The lowest BCUT2D eigenvalue weighted by molar-refractivity contribution is 0.0934. The summed E-state index contributed by atoms with van der Waals surface area (Å²) in [6, 6.07) is 5.91. The molecule has 1 aromatic heterocycles. The first kappa shape index (κ1) is 19.8. The van der Waals surface area contributed by atoms with Crippen LogP contribution in [0.15, 0.2) is 22.7 Å². The second-order valence-corrected chi connectivity index (χ2v) is 10.7. The normalized spacial score (nSPS) is 21.4. The lowest BCUT2D eigenvalue weighted by Gasteiger charge is -2.34. The second kappa shape index (κ2) is 7.38. The van der Waals surface area contributed by atoms with Gasteiger partial charge in [0.2, 0.25) is 0 Å². The lowest BCUT2D eigenvalue weighted by atomic mass is 9.72. The van der Waals surface area contributed by atoms with Gasteiger partial charge in [0.25, 0.3) is 5.91 Å². The van der Waals surface area contributed by atoms with Gasteiger partial charge in [-0.2, -0.15) is 0 Å². The first-order valence-corrected chi connectivity index (χ1v) is 11.5. The first-order valence-electron chi connectivity index (χ1n) is 9.92. The van der Waals surface area contributed by atoms with E-state index in [-0.39, 0.29) is 12.1 Å². The van der Waals surface area contributed by atoms with Crippen molar-refractivity contribution >= 4 is 38.2 Å². The van der Waals surface area contributed by atoms with E-state index in [9.17, 15) is 4.79 Å². The van der Waals surface area contributed by atoms with E-state index < -0.39 is 0 Å². The van der Waals surface area contributed by atoms with Crippen molar-refractivity contribution in [2.24, 2.45) is 11.3 Å². The van der Waals surface area contributed by atoms with Crippen molar-refractivity contribution in [1.29, 1.82) is 0 Å². The summed E-state index contributed by atoms with van der Waals surface area (Å²) in [5.41, 5.74) is 3.34. The van der Waals surface area contributed by atoms with Crippen LogP contribution >= 0.6 is 27.3 Å². The highest BCUT2D eigenvalue weighted by Crippen LogP contribution is 2.46. The fraction of sp³-hybridized carbons (Fsp3) is 0.500. The zero-order chi connectivity index (χ0) is 20.1. The minimum atomic E-state index is -0.294. The van der Waals surface area contributed by atoms with Crippen molar-refractivity contribution in [2.45, 2.75) is 53.1 Å². The number of halogens is 1. The Hall–Kier alpha value is -1.53. The van der Waals surface area contributed by atoms with E-state index in [2.05, 4.69) is 47.3 Å². The van der Waals surface area contributed by atoms with Gasteiger partial charge in [0.1, 0.15) is 16.9 Å². The van der Waals surface area contributed by atoms with Gasteiger partial charge in [0.15, 0.2) is 0 Å². The van der Waals surface area contributed by atoms with E-state index in [1.807, 2.05) is 25.1 Å². The summed E-state index contributed by atoms with van der Waals surface area (Å²) < 4.78 is 6.76. The van der Waals surface area contributed by atoms with E-state index in [1.54, 1.807) is 11.3 Å². The average Bonchev–Trinajstić information content (AvgIpc) is 3.00. The second-order valence-electron chi connectivity index (χ2n) is 8.68. The third-order valence-corrected chi connectivity index (χ3v) is 7.53. The molecule has 1 aliphatic carbocycles. The van der Waals surface area contributed by atoms with Crippen LogP contribution in [0.25, 0.3) is 0 Å². The standard InChI is InChI=1S/C22H27BrN2O2S/c1-5-27-16-9-7-13(23)11-15(16)19-24-20(26)18-14-8-6-12(22(2,3)4)10-17(14)28-21(18)25-19/h7,9,11-12,19,25H,5-6,8,10H2,1-4H3,(H,24,26). The van der Waals surface area contributed by atoms with Gasteiger partial charge in [-0.1, -0.05) is 36.7 Å². The molecule has 0 fully saturated rings. The molecule has 1 aliphatic heterocycles. The smallest absolute Gasteiger partial charge is 0.256 e. The van der Waals surface area contributed by atoms with Gasteiger partial charge in [0.05, 0.1) is 12.2 Å². The summed E-state index contributed by atoms with van der Waals surface area (Å²) in [7, 11) is 0. The lowest BCUT2D eigenvalue weighted by Crippen LogP contribution is -2.38. The number of nitrogens with one attached hydrogen (secondary N) is 2. The Morgan fingerprint density at radius 2 is 2.07 bits per heavy atom.